The number of nitro benzene ring substituents is 1. The third-order valence-electron chi connectivity index (χ3n) is 5.30. The second-order valence-corrected chi connectivity index (χ2v) is 10.4. The Hall–Kier alpha value is -3.76. The van der Waals surface area contributed by atoms with Crippen molar-refractivity contribution >= 4 is 62.5 Å². The number of nitrogens with zero attached hydrogens (tertiary/aromatic N) is 4. The summed E-state index contributed by atoms with van der Waals surface area (Å²) in [5, 5.41) is 14.4. The summed E-state index contributed by atoms with van der Waals surface area (Å²) in [6, 6.07) is 20.8. The molecule has 8 nitrogen and oxygen atoms in total. The molecule has 4 rings (SSSR count). The number of thioether (sulfide) groups is 1. The van der Waals surface area contributed by atoms with E-state index in [1.807, 2.05) is 48.5 Å². The summed E-state index contributed by atoms with van der Waals surface area (Å²) in [4.78, 5) is 34.0. The fraction of sp³-hybridized carbons (Fsp3) is 0.192. The van der Waals surface area contributed by atoms with Gasteiger partial charge >= 0.3 is 0 Å². The highest BCUT2D eigenvalue weighted by Gasteiger charge is 2.15. The molecule has 0 saturated carbocycles. The minimum atomic E-state index is -0.390. The van der Waals surface area contributed by atoms with Crippen molar-refractivity contribution in [3.8, 4) is 0 Å². The number of thiazole rings is 1. The number of carbonyl (C=O) groups is 1. The van der Waals surface area contributed by atoms with Crippen molar-refractivity contribution in [1.82, 2.24) is 10.3 Å². The van der Waals surface area contributed by atoms with Crippen molar-refractivity contribution in [2.24, 2.45) is 4.99 Å². The Labute approximate surface area is 217 Å². The molecule has 0 bridgehead atoms. The van der Waals surface area contributed by atoms with Crippen LogP contribution in [0, 0.1) is 10.1 Å². The predicted molar refractivity (Wildman–Crippen MR) is 148 cm³/mol. The van der Waals surface area contributed by atoms with Crippen LogP contribution in [0.2, 0.25) is 0 Å². The summed E-state index contributed by atoms with van der Waals surface area (Å²) in [5.41, 5.74) is 3.98. The molecule has 0 aliphatic rings. The molecule has 0 saturated heterocycles. The number of hydrogen-bond donors (Lipinski definition) is 1. The first-order valence-corrected chi connectivity index (χ1v) is 13.0. The normalized spacial score (nSPS) is 11.2. The molecule has 0 atom stereocenters. The SMILES string of the molecule is CN(C)c1ccc(C=Nc2ccc3nc(SCC(=O)NCCc4ccccc4)sc3c2)cc1[N+](=O)[O-]. The summed E-state index contributed by atoms with van der Waals surface area (Å²) in [5.74, 6) is 0.288. The van der Waals surface area contributed by atoms with Crippen LogP contribution in [0.15, 0.2) is 76.1 Å². The summed E-state index contributed by atoms with van der Waals surface area (Å²) in [7, 11) is 3.54. The van der Waals surface area contributed by atoms with Crippen LogP contribution in [0.25, 0.3) is 10.2 Å². The lowest BCUT2D eigenvalue weighted by atomic mass is 10.1. The first-order valence-electron chi connectivity index (χ1n) is 11.2. The van der Waals surface area contributed by atoms with E-state index in [2.05, 4.69) is 15.3 Å². The highest BCUT2D eigenvalue weighted by Crippen LogP contribution is 2.32. The van der Waals surface area contributed by atoms with Gasteiger partial charge in [-0.3, -0.25) is 19.9 Å². The maximum atomic E-state index is 12.2. The Morgan fingerprint density at radius 3 is 2.72 bits per heavy atom. The van der Waals surface area contributed by atoms with Crippen molar-refractivity contribution in [2.45, 2.75) is 10.8 Å². The van der Waals surface area contributed by atoms with Crippen LogP contribution in [0.5, 0.6) is 0 Å². The molecule has 1 amide bonds. The average Bonchev–Trinajstić information content (AvgIpc) is 3.29. The highest BCUT2D eigenvalue weighted by atomic mass is 32.2. The van der Waals surface area contributed by atoms with Gasteiger partial charge in [-0.1, -0.05) is 48.2 Å². The van der Waals surface area contributed by atoms with Gasteiger partial charge in [0.15, 0.2) is 4.34 Å². The number of nitrogens with one attached hydrogen (secondary N) is 1. The smallest absolute Gasteiger partial charge is 0.293 e. The molecule has 3 aromatic carbocycles. The molecule has 10 heteroatoms. The van der Waals surface area contributed by atoms with Gasteiger partial charge in [0, 0.05) is 32.9 Å². The van der Waals surface area contributed by atoms with Crippen molar-refractivity contribution in [1.29, 1.82) is 0 Å². The molecule has 0 spiro atoms. The van der Waals surface area contributed by atoms with E-state index in [1.54, 1.807) is 37.3 Å². The number of carbonyl (C=O) groups excluding carboxylic acids is 1. The zero-order chi connectivity index (χ0) is 25.5. The lowest BCUT2D eigenvalue weighted by molar-refractivity contribution is -0.384. The van der Waals surface area contributed by atoms with E-state index in [0.29, 0.717) is 23.5 Å². The molecule has 0 aliphatic heterocycles. The topological polar surface area (TPSA) is 101 Å². The van der Waals surface area contributed by atoms with Gasteiger partial charge in [0.25, 0.3) is 5.69 Å². The number of amides is 1. The van der Waals surface area contributed by atoms with E-state index < -0.39 is 4.92 Å². The van der Waals surface area contributed by atoms with Gasteiger partial charge in [0.1, 0.15) is 5.69 Å². The zero-order valence-corrected chi connectivity index (χ0v) is 21.5. The molecular formula is C26H25N5O3S2. The minimum absolute atomic E-state index is 0.0187. The number of benzene rings is 3. The summed E-state index contributed by atoms with van der Waals surface area (Å²) in [6.07, 6.45) is 2.42. The van der Waals surface area contributed by atoms with Crippen LogP contribution < -0.4 is 10.2 Å². The number of anilines is 1. The summed E-state index contributed by atoms with van der Waals surface area (Å²) >= 11 is 2.92. The number of rotatable bonds is 10. The fourth-order valence-electron chi connectivity index (χ4n) is 3.50. The largest absolute Gasteiger partial charge is 0.372 e. The molecular weight excluding hydrogens is 494 g/mol. The van der Waals surface area contributed by atoms with E-state index in [-0.39, 0.29) is 11.6 Å². The molecule has 36 heavy (non-hydrogen) atoms. The van der Waals surface area contributed by atoms with E-state index >= 15 is 0 Å². The maximum absolute atomic E-state index is 12.2. The number of nitro groups is 1. The average molecular weight is 520 g/mol. The Bertz CT molecular complexity index is 1400. The summed E-state index contributed by atoms with van der Waals surface area (Å²) in [6.45, 7) is 0.603. The number of aliphatic imine (C=N–C) groups is 1. The molecule has 1 heterocycles. The Balaban J connectivity index is 1.35. The standard InChI is InChI=1S/C26H25N5O3S2/c1-30(2)22-11-8-19(14-23(22)31(33)34)16-28-20-9-10-21-24(15-20)36-26(29-21)35-17-25(32)27-13-12-18-6-4-3-5-7-18/h3-11,14-16H,12-13,17H2,1-2H3,(H,27,32). The van der Waals surface area contributed by atoms with Gasteiger partial charge in [0.05, 0.1) is 26.6 Å². The van der Waals surface area contributed by atoms with Crippen LogP contribution in [0.4, 0.5) is 17.1 Å². The van der Waals surface area contributed by atoms with Gasteiger partial charge < -0.3 is 10.2 Å². The van der Waals surface area contributed by atoms with Gasteiger partial charge in [0.2, 0.25) is 5.91 Å². The monoisotopic (exact) mass is 519 g/mol. The fourth-order valence-corrected chi connectivity index (χ4v) is 5.43. The molecule has 1 N–H and O–H groups in total. The number of fused-ring (bicyclic) bond motifs is 1. The third kappa shape index (κ3) is 6.67. The van der Waals surface area contributed by atoms with Gasteiger partial charge in [-0.15, -0.1) is 11.3 Å². The molecule has 0 radical (unpaired) electrons. The number of hydrogen-bond acceptors (Lipinski definition) is 8. The third-order valence-corrected chi connectivity index (χ3v) is 7.46. The van der Waals surface area contributed by atoms with Crippen LogP contribution in [0.1, 0.15) is 11.1 Å². The maximum Gasteiger partial charge on any atom is 0.293 e. The molecule has 0 fully saturated rings. The van der Waals surface area contributed by atoms with Crippen molar-refractivity contribution < 1.29 is 9.72 Å². The van der Waals surface area contributed by atoms with E-state index in [0.717, 1.165) is 26.7 Å². The molecule has 0 unspecified atom stereocenters. The first-order chi connectivity index (χ1) is 17.4. The van der Waals surface area contributed by atoms with Gasteiger partial charge in [-0.05, 0) is 41.8 Å². The molecule has 1 aromatic heterocycles. The predicted octanol–water partition coefficient (Wildman–Crippen LogP) is 5.47. The summed E-state index contributed by atoms with van der Waals surface area (Å²) < 4.78 is 1.78. The van der Waals surface area contributed by atoms with Crippen molar-refractivity contribution in [3.63, 3.8) is 0 Å². The van der Waals surface area contributed by atoms with Crippen LogP contribution in [-0.2, 0) is 11.2 Å². The lowest BCUT2D eigenvalue weighted by Gasteiger charge is -2.12. The van der Waals surface area contributed by atoms with Gasteiger partial charge in [-0.2, -0.15) is 0 Å². The van der Waals surface area contributed by atoms with Gasteiger partial charge in [-0.25, -0.2) is 4.98 Å². The first kappa shape index (κ1) is 25.3. The quantitative estimate of drug-likeness (QED) is 0.129. The Morgan fingerprint density at radius 2 is 1.97 bits per heavy atom. The second kappa shape index (κ2) is 11.8. The van der Waals surface area contributed by atoms with Crippen LogP contribution in [0.3, 0.4) is 0 Å². The zero-order valence-electron chi connectivity index (χ0n) is 19.9. The van der Waals surface area contributed by atoms with Crippen LogP contribution >= 0.6 is 23.1 Å². The van der Waals surface area contributed by atoms with E-state index in [1.165, 1.54) is 34.7 Å². The molecule has 0 aliphatic carbocycles. The molecule has 4 aromatic rings. The second-order valence-electron chi connectivity index (χ2n) is 8.16. The van der Waals surface area contributed by atoms with Crippen molar-refractivity contribution in [2.75, 3.05) is 31.3 Å². The van der Waals surface area contributed by atoms with Crippen molar-refractivity contribution in [3.05, 3.63) is 88.0 Å². The minimum Gasteiger partial charge on any atom is -0.372 e. The lowest BCUT2D eigenvalue weighted by Crippen LogP contribution is -2.27. The number of aromatic nitrogens is 1. The van der Waals surface area contributed by atoms with Crippen LogP contribution in [-0.4, -0.2) is 48.4 Å². The van der Waals surface area contributed by atoms with E-state index in [9.17, 15) is 14.9 Å². The Kier molecular flexibility index (Phi) is 8.29. The highest BCUT2D eigenvalue weighted by molar-refractivity contribution is 8.01. The van der Waals surface area contributed by atoms with E-state index in [4.69, 9.17) is 0 Å². The Morgan fingerprint density at radius 1 is 1.17 bits per heavy atom. The molecule has 184 valence electrons.